The average Bonchev–Trinajstić information content (AvgIpc) is 3.34. The van der Waals surface area contributed by atoms with Crippen LogP contribution >= 0.6 is 11.8 Å². The van der Waals surface area contributed by atoms with E-state index < -0.39 is 16.8 Å². The Labute approximate surface area is 174 Å². The predicted octanol–water partition coefficient (Wildman–Crippen LogP) is 1.52. The van der Waals surface area contributed by atoms with Crippen LogP contribution in [-0.4, -0.2) is 68.7 Å². The van der Waals surface area contributed by atoms with E-state index in [2.05, 4.69) is 5.32 Å². The van der Waals surface area contributed by atoms with Gasteiger partial charge >= 0.3 is 0 Å². The lowest BCUT2D eigenvalue weighted by molar-refractivity contribution is -0.138. The fourth-order valence-corrected chi connectivity index (χ4v) is 6.31. The van der Waals surface area contributed by atoms with Gasteiger partial charge in [0.1, 0.15) is 17.5 Å². The van der Waals surface area contributed by atoms with Crippen LogP contribution in [-0.2, 0) is 9.59 Å². The quantitative estimate of drug-likeness (QED) is 0.775. The zero-order chi connectivity index (χ0) is 20.9. The zero-order valence-corrected chi connectivity index (χ0v) is 17.7. The number of fused-ring (bicyclic) bond motifs is 3. The fourth-order valence-electron chi connectivity index (χ4n) is 4.72. The summed E-state index contributed by atoms with van der Waals surface area (Å²) in [5, 5.41) is 12.1. The number of carbonyl (C=O) groups is 3. The molecular weight excluding hydrogens is 390 g/mol. The lowest BCUT2D eigenvalue weighted by Crippen LogP contribution is -2.57. The molecule has 7 nitrogen and oxygen atoms in total. The van der Waals surface area contributed by atoms with Crippen molar-refractivity contribution in [2.45, 2.75) is 61.9 Å². The summed E-state index contributed by atoms with van der Waals surface area (Å²) in [4.78, 5) is 42.4. The van der Waals surface area contributed by atoms with E-state index in [-0.39, 0.29) is 35.7 Å². The topological polar surface area (TPSA) is 90.0 Å². The average molecular weight is 418 g/mol. The summed E-state index contributed by atoms with van der Waals surface area (Å²) >= 11 is 1.60. The molecule has 0 aromatic heterocycles. The molecule has 0 unspecified atom stereocenters. The van der Waals surface area contributed by atoms with E-state index in [4.69, 9.17) is 0 Å². The largest absolute Gasteiger partial charge is 0.394 e. The number of benzene rings is 1. The molecule has 0 radical (unpaired) electrons. The monoisotopic (exact) mass is 417 g/mol. The van der Waals surface area contributed by atoms with Crippen LogP contribution < -0.4 is 5.32 Å². The molecule has 2 N–H and O–H groups in total. The molecule has 2 saturated heterocycles. The van der Waals surface area contributed by atoms with Gasteiger partial charge in [-0.3, -0.25) is 14.4 Å². The van der Waals surface area contributed by atoms with Crippen LogP contribution in [0.5, 0.6) is 0 Å². The van der Waals surface area contributed by atoms with E-state index in [1.54, 1.807) is 34.6 Å². The van der Waals surface area contributed by atoms with Gasteiger partial charge in [-0.25, -0.2) is 0 Å². The molecule has 0 bridgehead atoms. The number of hydrogen-bond donors (Lipinski definition) is 2. The molecule has 8 heteroatoms. The zero-order valence-electron chi connectivity index (χ0n) is 16.9. The second kappa shape index (κ2) is 7.32. The van der Waals surface area contributed by atoms with Crippen LogP contribution in [0.2, 0.25) is 0 Å². The predicted molar refractivity (Wildman–Crippen MR) is 110 cm³/mol. The second-order valence-electron chi connectivity index (χ2n) is 8.52. The lowest BCUT2D eigenvalue weighted by atomic mass is 10.0. The molecule has 156 valence electrons. The number of hydrogen-bond acceptors (Lipinski definition) is 5. The summed E-state index contributed by atoms with van der Waals surface area (Å²) in [6.07, 6.45) is 1.63. The highest BCUT2D eigenvalue weighted by molar-refractivity contribution is 8.01. The summed E-state index contributed by atoms with van der Waals surface area (Å²) < 4.78 is -0.484. The summed E-state index contributed by atoms with van der Waals surface area (Å²) in [6, 6.07) is 5.92. The van der Waals surface area contributed by atoms with Crippen LogP contribution in [0.3, 0.4) is 0 Å². The number of nitrogens with one attached hydrogen (secondary N) is 1. The van der Waals surface area contributed by atoms with Gasteiger partial charge in [-0.2, -0.15) is 0 Å². The Hall–Kier alpha value is -2.06. The lowest BCUT2D eigenvalue weighted by Gasteiger charge is -2.32. The summed E-state index contributed by atoms with van der Waals surface area (Å²) in [7, 11) is 0. The molecule has 0 aliphatic carbocycles. The van der Waals surface area contributed by atoms with Crippen molar-refractivity contribution in [2.24, 2.45) is 0 Å². The number of amides is 3. The molecule has 0 saturated carbocycles. The molecule has 2 fully saturated rings. The van der Waals surface area contributed by atoms with E-state index in [1.807, 2.05) is 32.0 Å². The first-order valence-corrected chi connectivity index (χ1v) is 11.0. The third-order valence-electron chi connectivity index (χ3n) is 6.14. The first kappa shape index (κ1) is 20.2. The van der Waals surface area contributed by atoms with Crippen molar-refractivity contribution in [1.82, 2.24) is 15.1 Å². The van der Waals surface area contributed by atoms with E-state index in [9.17, 15) is 19.5 Å². The standard InChI is InChI=1S/C21H27N3O4S/c1-12(18(27)23-10-6-7-13(23)11-25)22-17(26)16-21(2,3)29-20-15-9-5-4-8-14(15)19(28)24(16)20/h4-5,8-9,12-13,16,20,25H,6-7,10-11H2,1-3H3,(H,22,26)/t12-,13-,16-,20+/m0/s1. The van der Waals surface area contributed by atoms with Crippen LogP contribution in [0.1, 0.15) is 54.9 Å². The van der Waals surface area contributed by atoms with E-state index in [0.29, 0.717) is 12.1 Å². The normalized spacial score (nSPS) is 28.3. The van der Waals surface area contributed by atoms with Gasteiger partial charge in [-0.15, -0.1) is 11.8 Å². The molecule has 4 rings (SSSR count). The SMILES string of the molecule is C[C@H](NC(=O)[C@@H]1N2C(=O)c3ccccc3[C@H]2SC1(C)C)C(=O)N1CCC[C@H]1CO. The molecule has 0 spiro atoms. The van der Waals surface area contributed by atoms with Gasteiger partial charge in [0, 0.05) is 16.9 Å². The molecule has 3 heterocycles. The highest BCUT2D eigenvalue weighted by Gasteiger charge is 2.57. The molecule has 1 aromatic rings. The number of nitrogens with zero attached hydrogens (tertiary/aromatic N) is 2. The Morgan fingerprint density at radius 2 is 2.07 bits per heavy atom. The third kappa shape index (κ3) is 3.22. The Morgan fingerprint density at radius 1 is 1.34 bits per heavy atom. The van der Waals surface area contributed by atoms with Crippen LogP contribution in [0, 0.1) is 0 Å². The van der Waals surface area contributed by atoms with Crippen LogP contribution in [0.15, 0.2) is 24.3 Å². The Morgan fingerprint density at radius 3 is 2.79 bits per heavy atom. The molecule has 3 amide bonds. The van der Waals surface area contributed by atoms with E-state index in [1.165, 1.54) is 0 Å². The minimum Gasteiger partial charge on any atom is -0.394 e. The maximum Gasteiger partial charge on any atom is 0.256 e. The van der Waals surface area contributed by atoms with Gasteiger partial charge in [0.15, 0.2) is 0 Å². The molecule has 1 aromatic carbocycles. The summed E-state index contributed by atoms with van der Waals surface area (Å²) in [6.45, 7) is 6.12. The molecule has 29 heavy (non-hydrogen) atoms. The van der Waals surface area contributed by atoms with Gasteiger partial charge in [0.05, 0.1) is 12.6 Å². The molecule has 3 aliphatic rings. The van der Waals surface area contributed by atoms with Gasteiger partial charge in [0.25, 0.3) is 5.91 Å². The van der Waals surface area contributed by atoms with Crippen LogP contribution in [0.4, 0.5) is 0 Å². The number of aliphatic hydroxyl groups is 1. The van der Waals surface area contributed by atoms with Crippen molar-refractivity contribution < 1.29 is 19.5 Å². The second-order valence-corrected chi connectivity index (χ2v) is 10.3. The third-order valence-corrected chi connectivity index (χ3v) is 7.68. The van der Waals surface area contributed by atoms with Crippen molar-refractivity contribution in [3.8, 4) is 0 Å². The van der Waals surface area contributed by atoms with Crippen molar-refractivity contribution in [2.75, 3.05) is 13.2 Å². The summed E-state index contributed by atoms with van der Waals surface area (Å²) in [5.74, 6) is -0.639. The minimum atomic E-state index is -0.713. The number of carbonyl (C=O) groups excluding carboxylic acids is 3. The molecule has 3 aliphatic heterocycles. The maximum absolute atomic E-state index is 13.2. The van der Waals surface area contributed by atoms with Crippen LogP contribution in [0.25, 0.3) is 0 Å². The highest BCUT2D eigenvalue weighted by atomic mass is 32.2. The van der Waals surface area contributed by atoms with Gasteiger partial charge < -0.3 is 20.2 Å². The van der Waals surface area contributed by atoms with E-state index >= 15 is 0 Å². The smallest absolute Gasteiger partial charge is 0.256 e. The minimum absolute atomic E-state index is 0.0685. The first-order chi connectivity index (χ1) is 13.8. The van der Waals surface area contributed by atoms with Crippen molar-refractivity contribution in [3.63, 3.8) is 0 Å². The Balaban J connectivity index is 1.52. The summed E-state index contributed by atoms with van der Waals surface area (Å²) in [5.41, 5.74) is 1.59. The number of thioether (sulfide) groups is 1. The molecule has 4 atom stereocenters. The highest BCUT2D eigenvalue weighted by Crippen LogP contribution is 2.56. The fraction of sp³-hybridized carbons (Fsp3) is 0.571. The molecular formula is C21H27N3O4S. The van der Waals surface area contributed by atoms with Crippen molar-refractivity contribution >= 4 is 29.5 Å². The van der Waals surface area contributed by atoms with Gasteiger partial charge in [-0.1, -0.05) is 18.2 Å². The first-order valence-electron chi connectivity index (χ1n) is 10.1. The maximum atomic E-state index is 13.2. The number of aliphatic hydroxyl groups excluding tert-OH is 1. The van der Waals surface area contributed by atoms with Gasteiger partial charge in [0.2, 0.25) is 11.8 Å². The van der Waals surface area contributed by atoms with Crippen molar-refractivity contribution in [1.29, 1.82) is 0 Å². The number of likely N-dealkylation sites (tertiary alicyclic amines) is 1. The van der Waals surface area contributed by atoms with Gasteiger partial charge in [-0.05, 0) is 45.2 Å². The Bertz CT molecular complexity index is 858. The van der Waals surface area contributed by atoms with E-state index in [0.717, 1.165) is 18.4 Å². The number of rotatable bonds is 4. The van der Waals surface area contributed by atoms with Crippen molar-refractivity contribution in [3.05, 3.63) is 35.4 Å². The Kier molecular flexibility index (Phi) is 5.11.